The van der Waals surface area contributed by atoms with Crippen molar-refractivity contribution in [3.63, 3.8) is 0 Å². The molecule has 0 aromatic carbocycles. The molecule has 57 heavy (non-hydrogen) atoms. The average molecular weight is 820 g/mol. The van der Waals surface area contributed by atoms with Crippen molar-refractivity contribution in [3.8, 4) is 0 Å². The normalized spacial score (nSPS) is 18.2. The van der Waals surface area contributed by atoms with Crippen LogP contribution in [0.25, 0.3) is 0 Å². The number of rotatable bonds is 36. The van der Waals surface area contributed by atoms with Crippen molar-refractivity contribution < 1.29 is 52.2 Å². The van der Waals surface area contributed by atoms with Crippen LogP contribution >= 0.6 is 7.82 Å². The molecule has 1 heterocycles. The zero-order valence-electron chi connectivity index (χ0n) is 34.3. The number of phosphoric ester groups is 1. The number of allylic oxidation sites excluding steroid dienone is 13. The molecule has 12 nitrogen and oxygen atoms in total. The van der Waals surface area contributed by atoms with Crippen LogP contribution in [0.3, 0.4) is 0 Å². The average Bonchev–Trinajstić information content (AvgIpc) is 3.94. The van der Waals surface area contributed by atoms with E-state index in [9.17, 15) is 23.8 Å². The molecule has 0 spiro atoms. The number of carbonyl (C=O) groups excluding carboxylic acids is 2. The molecule has 0 aromatic rings. The number of aliphatic carboxylic acids is 1. The number of hydrogen-bond acceptors (Lipinski definition) is 10. The molecule has 13 heteroatoms. The Morgan fingerprint density at radius 1 is 0.667 bits per heavy atom. The summed E-state index contributed by atoms with van der Waals surface area (Å²) in [7, 11) is -4.75. The largest absolute Gasteiger partial charge is 0.480 e. The number of carboxylic acids is 1. The summed E-state index contributed by atoms with van der Waals surface area (Å²) in [5.41, 5.74) is 5.32. The highest BCUT2D eigenvalue weighted by atomic mass is 31.2. The number of carboxylic acid groups (broad SMARTS) is 1. The third-order valence-electron chi connectivity index (χ3n) is 8.55. The third-order valence-corrected chi connectivity index (χ3v) is 9.50. The second kappa shape index (κ2) is 34.6. The maximum atomic E-state index is 12.6. The minimum absolute atomic E-state index is 0.0671. The number of unbranched alkanes of at least 4 members (excludes halogenated alkanes) is 5. The summed E-state index contributed by atoms with van der Waals surface area (Å²) in [6, 6.07) is -1.54. The second-order valence-electron chi connectivity index (χ2n) is 13.8. The van der Waals surface area contributed by atoms with Crippen molar-refractivity contribution in [2.24, 2.45) is 5.73 Å². The van der Waals surface area contributed by atoms with Gasteiger partial charge < -0.3 is 29.9 Å². The summed E-state index contributed by atoms with van der Waals surface area (Å²) in [5.74, 6) is -2.53. The highest BCUT2D eigenvalue weighted by Crippen LogP contribution is 2.43. The lowest BCUT2D eigenvalue weighted by Crippen LogP contribution is -2.34. The lowest BCUT2D eigenvalue weighted by molar-refractivity contribution is -0.161. The van der Waals surface area contributed by atoms with Gasteiger partial charge in [0.1, 0.15) is 12.6 Å². The Kier molecular flexibility index (Phi) is 31.4. The maximum Gasteiger partial charge on any atom is 0.472 e. The topological polar surface area (TPSA) is 184 Å². The smallest absolute Gasteiger partial charge is 0.472 e. The van der Waals surface area contributed by atoms with E-state index < -0.39 is 57.7 Å². The minimum Gasteiger partial charge on any atom is -0.480 e. The first-order valence-electron chi connectivity index (χ1n) is 20.7. The van der Waals surface area contributed by atoms with Crippen LogP contribution < -0.4 is 5.73 Å². The van der Waals surface area contributed by atoms with Crippen molar-refractivity contribution in [2.45, 2.75) is 154 Å². The van der Waals surface area contributed by atoms with E-state index in [-0.39, 0.29) is 12.8 Å². The summed E-state index contributed by atoms with van der Waals surface area (Å²) in [6.07, 6.45) is 44.1. The van der Waals surface area contributed by atoms with Gasteiger partial charge in [0.2, 0.25) is 0 Å². The second-order valence-corrected chi connectivity index (χ2v) is 15.2. The predicted molar refractivity (Wildman–Crippen MR) is 225 cm³/mol. The molecular weight excluding hydrogens is 749 g/mol. The fourth-order valence-electron chi connectivity index (χ4n) is 5.20. The first-order chi connectivity index (χ1) is 27.6. The van der Waals surface area contributed by atoms with Crippen LogP contribution in [0.1, 0.15) is 129 Å². The monoisotopic (exact) mass is 819 g/mol. The van der Waals surface area contributed by atoms with Gasteiger partial charge in [-0.05, 0) is 83.5 Å². The summed E-state index contributed by atoms with van der Waals surface area (Å²) < 4.78 is 38.3. The summed E-state index contributed by atoms with van der Waals surface area (Å²) in [5, 5.41) is 8.88. The summed E-state index contributed by atoms with van der Waals surface area (Å²) in [4.78, 5) is 45.9. The van der Waals surface area contributed by atoms with Crippen LogP contribution in [0, 0.1) is 0 Å². The van der Waals surface area contributed by atoms with Gasteiger partial charge in [-0.25, -0.2) is 4.57 Å². The lowest BCUT2D eigenvalue weighted by Gasteiger charge is -2.20. The van der Waals surface area contributed by atoms with E-state index in [0.29, 0.717) is 31.5 Å². The molecule has 0 radical (unpaired) electrons. The van der Waals surface area contributed by atoms with Gasteiger partial charge in [-0.15, -0.1) is 0 Å². The van der Waals surface area contributed by atoms with Gasteiger partial charge in [0, 0.05) is 12.8 Å². The van der Waals surface area contributed by atoms with Gasteiger partial charge in [-0.3, -0.25) is 23.4 Å². The van der Waals surface area contributed by atoms with Crippen molar-refractivity contribution in [1.29, 1.82) is 0 Å². The molecule has 0 aliphatic carbocycles. The van der Waals surface area contributed by atoms with Crippen LogP contribution in [0.15, 0.2) is 85.1 Å². The molecule has 1 aliphatic rings. The molecule has 1 fully saturated rings. The quantitative estimate of drug-likeness (QED) is 0.0179. The van der Waals surface area contributed by atoms with Crippen LogP contribution in [0.4, 0.5) is 0 Å². The first kappa shape index (κ1) is 51.6. The van der Waals surface area contributed by atoms with E-state index in [1.165, 1.54) is 25.7 Å². The zero-order valence-corrected chi connectivity index (χ0v) is 35.2. The van der Waals surface area contributed by atoms with Crippen molar-refractivity contribution in [2.75, 3.05) is 19.8 Å². The van der Waals surface area contributed by atoms with Gasteiger partial charge >= 0.3 is 25.7 Å². The Hall–Kier alpha value is -3.38. The number of epoxide rings is 1. The molecule has 0 amide bonds. The zero-order chi connectivity index (χ0) is 41.8. The van der Waals surface area contributed by atoms with Gasteiger partial charge in [0.05, 0.1) is 25.4 Å². The first-order valence-corrected chi connectivity index (χ1v) is 22.2. The van der Waals surface area contributed by atoms with Crippen molar-refractivity contribution >= 4 is 25.7 Å². The van der Waals surface area contributed by atoms with Gasteiger partial charge in [0.15, 0.2) is 6.10 Å². The molecule has 1 rings (SSSR count). The Morgan fingerprint density at radius 3 is 1.81 bits per heavy atom. The predicted octanol–water partition coefficient (Wildman–Crippen LogP) is 9.71. The molecule has 1 saturated heterocycles. The Morgan fingerprint density at radius 2 is 1.21 bits per heavy atom. The highest BCUT2D eigenvalue weighted by Gasteiger charge is 2.36. The van der Waals surface area contributed by atoms with E-state index in [2.05, 4.69) is 91.3 Å². The number of esters is 2. The van der Waals surface area contributed by atoms with E-state index in [1.807, 2.05) is 12.2 Å². The van der Waals surface area contributed by atoms with Crippen LogP contribution in [-0.2, 0) is 42.2 Å². The maximum absolute atomic E-state index is 12.6. The van der Waals surface area contributed by atoms with Gasteiger partial charge in [-0.2, -0.15) is 0 Å². The molecular formula is C44H70NO11P. The molecule has 5 atom stereocenters. The highest BCUT2D eigenvalue weighted by molar-refractivity contribution is 7.47. The van der Waals surface area contributed by atoms with E-state index in [4.69, 9.17) is 29.6 Å². The van der Waals surface area contributed by atoms with Crippen LogP contribution in [-0.4, -0.2) is 72.1 Å². The number of ether oxygens (including phenoxy) is 3. The summed E-state index contributed by atoms with van der Waals surface area (Å²) in [6.45, 7) is 2.52. The third kappa shape index (κ3) is 32.3. The molecule has 1 aliphatic heterocycles. The fraction of sp³-hybridized carbons (Fsp3) is 0.614. The van der Waals surface area contributed by atoms with E-state index in [1.54, 1.807) is 0 Å². The lowest BCUT2D eigenvalue weighted by atomic mass is 10.1. The Labute approximate surface area is 341 Å². The van der Waals surface area contributed by atoms with E-state index in [0.717, 1.165) is 57.8 Å². The fourth-order valence-corrected chi connectivity index (χ4v) is 5.98. The van der Waals surface area contributed by atoms with Gasteiger partial charge in [-0.1, -0.05) is 118 Å². The number of carbonyl (C=O) groups is 3. The number of phosphoric acid groups is 1. The molecule has 3 unspecified atom stereocenters. The Balaban J connectivity index is 2.38. The summed E-state index contributed by atoms with van der Waals surface area (Å²) >= 11 is 0. The van der Waals surface area contributed by atoms with Crippen molar-refractivity contribution in [3.05, 3.63) is 85.1 Å². The molecule has 322 valence electrons. The van der Waals surface area contributed by atoms with Crippen LogP contribution in [0.5, 0.6) is 0 Å². The molecule has 0 bridgehead atoms. The number of hydrogen-bond donors (Lipinski definition) is 3. The minimum atomic E-state index is -4.75. The Bertz CT molecular complexity index is 1350. The van der Waals surface area contributed by atoms with Gasteiger partial charge in [0.25, 0.3) is 0 Å². The van der Waals surface area contributed by atoms with Crippen LogP contribution in [0.2, 0.25) is 0 Å². The number of nitrogens with two attached hydrogens (primary N) is 1. The SMILES string of the molecule is CC/C=C\C/C=C\C/C=C\C/C=C\CCCCC(=O)OC[C@H](COP(=O)(O)OC[C@H](N)C(=O)O)OC(=O)CCC/C=C\C/C=C\C/C=C\CC1OC1CCCCC. The standard InChI is InChI=1S/C44H70NO11P/c1-3-5-7-8-9-10-11-12-13-14-15-19-22-25-29-33-42(46)52-35-38(36-53-57(50,51)54-37-39(45)44(48)49)55-43(47)34-30-26-23-20-17-16-18-21-24-28-32-41-40(56-41)31-27-6-4-2/h5,7,9-10,12-13,15-16,18-20,23-24,28,38-41H,3-4,6,8,11,14,17,21-22,25-27,29-37,45H2,1-2H3,(H,48,49)(H,50,51)/b7-5-,10-9-,13-12-,18-16-,19-15-,23-20-,28-24-/t38-,39+,40?,41?/m1/s1. The molecule has 0 aromatic heterocycles. The van der Waals surface area contributed by atoms with E-state index >= 15 is 0 Å². The molecule has 4 N–H and O–H groups in total. The van der Waals surface area contributed by atoms with Crippen molar-refractivity contribution in [1.82, 2.24) is 0 Å². The molecule has 0 saturated carbocycles.